The first kappa shape index (κ1) is 17.2. The van der Waals surface area contributed by atoms with Crippen molar-refractivity contribution in [2.24, 2.45) is 5.10 Å². The number of amides is 1. The molecular weight excluding hydrogens is 332 g/mol. The zero-order valence-electron chi connectivity index (χ0n) is 13.9. The summed E-state index contributed by atoms with van der Waals surface area (Å²) < 4.78 is 5.71. The van der Waals surface area contributed by atoms with Gasteiger partial charge in [0.2, 0.25) is 5.91 Å². The SMILES string of the molecule is O=C(Cc1cc(=O)[nH][nH]1)N/N=C/c1ccc(OCc2ccccc2)cc1. The molecule has 26 heavy (non-hydrogen) atoms. The molecule has 0 saturated heterocycles. The molecule has 0 atom stereocenters. The molecule has 132 valence electrons. The van der Waals surface area contributed by atoms with Gasteiger partial charge in [0.15, 0.2) is 0 Å². The summed E-state index contributed by atoms with van der Waals surface area (Å²) in [6.07, 6.45) is 1.58. The fourth-order valence-electron chi connectivity index (χ4n) is 2.25. The lowest BCUT2D eigenvalue weighted by Crippen LogP contribution is -2.20. The van der Waals surface area contributed by atoms with E-state index in [0.29, 0.717) is 12.3 Å². The van der Waals surface area contributed by atoms with Crippen molar-refractivity contribution in [2.75, 3.05) is 0 Å². The van der Waals surface area contributed by atoms with Gasteiger partial charge < -0.3 is 9.84 Å². The summed E-state index contributed by atoms with van der Waals surface area (Å²) in [5.74, 6) is 0.436. The molecule has 3 rings (SSSR count). The fraction of sp³-hybridized carbons (Fsp3) is 0.105. The highest BCUT2D eigenvalue weighted by Crippen LogP contribution is 2.13. The summed E-state index contributed by atoms with van der Waals surface area (Å²) in [6, 6.07) is 18.6. The summed E-state index contributed by atoms with van der Waals surface area (Å²) >= 11 is 0. The second-order valence-electron chi connectivity index (χ2n) is 5.60. The Bertz CT molecular complexity index is 927. The average molecular weight is 350 g/mol. The molecule has 0 aliphatic carbocycles. The van der Waals surface area contributed by atoms with Crippen molar-refractivity contribution in [3.8, 4) is 5.75 Å². The topological polar surface area (TPSA) is 99.3 Å². The maximum Gasteiger partial charge on any atom is 0.264 e. The number of nitrogens with one attached hydrogen (secondary N) is 3. The van der Waals surface area contributed by atoms with Crippen LogP contribution in [-0.4, -0.2) is 22.3 Å². The van der Waals surface area contributed by atoms with E-state index in [-0.39, 0.29) is 17.9 Å². The number of nitrogens with zero attached hydrogens (tertiary/aromatic N) is 1. The number of hydrogen-bond acceptors (Lipinski definition) is 4. The molecule has 0 aliphatic rings. The number of aromatic nitrogens is 2. The van der Waals surface area contributed by atoms with Crippen LogP contribution in [0.2, 0.25) is 0 Å². The van der Waals surface area contributed by atoms with Crippen molar-refractivity contribution in [1.29, 1.82) is 0 Å². The number of carbonyl (C=O) groups excluding carboxylic acids is 1. The lowest BCUT2D eigenvalue weighted by molar-refractivity contribution is -0.120. The molecule has 7 nitrogen and oxygen atoms in total. The van der Waals surface area contributed by atoms with Crippen LogP contribution in [0.25, 0.3) is 0 Å². The van der Waals surface area contributed by atoms with Crippen LogP contribution < -0.4 is 15.7 Å². The highest BCUT2D eigenvalue weighted by Gasteiger charge is 2.03. The normalized spacial score (nSPS) is 10.8. The van der Waals surface area contributed by atoms with Crippen LogP contribution in [0.4, 0.5) is 0 Å². The first-order chi connectivity index (χ1) is 12.7. The number of hydrazone groups is 1. The first-order valence-electron chi connectivity index (χ1n) is 8.04. The third-order valence-corrected chi connectivity index (χ3v) is 3.53. The average Bonchev–Trinajstić information content (AvgIpc) is 3.06. The summed E-state index contributed by atoms with van der Waals surface area (Å²) in [5.41, 5.74) is 4.57. The summed E-state index contributed by atoms with van der Waals surface area (Å²) in [6.45, 7) is 0.506. The van der Waals surface area contributed by atoms with Gasteiger partial charge in [0, 0.05) is 11.8 Å². The van der Waals surface area contributed by atoms with E-state index in [0.717, 1.165) is 16.9 Å². The number of ether oxygens (including phenoxy) is 1. The van der Waals surface area contributed by atoms with Gasteiger partial charge in [0.1, 0.15) is 12.4 Å². The molecule has 3 aromatic rings. The Labute approximate surface area is 149 Å². The lowest BCUT2D eigenvalue weighted by atomic mass is 10.2. The highest BCUT2D eigenvalue weighted by molar-refractivity contribution is 5.83. The Morgan fingerprint density at radius 3 is 2.54 bits per heavy atom. The molecular formula is C19H18N4O3. The quantitative estimate of drug-likeness (QED) is 0.449. The van der Waals surface area contributed by atoms with Crippen molar-refractivity contribution in [1.82, 2.24) is 15.6 Å². The van der Waals surface area contributed by atoms with Gasteiger partial charge >= 0.3 is 0 Å². The fourth-order valence-corrected chi connectivity index (χ4v) is 2.25. The second kappa shape index (κ2) is 8.48. The summed E-state index contributed by atoms with van der Waals surface area (Å²) in [5, 5.41) is 8.88. The third-order valence-electron chi connectivity index (χ3n) is 3.53. The number of hydrogen-bond donors (Lipinski definition) is 3. The largest absolute Gasteiger partial charge is 0.489 e. The van der Waals surface area contributed by atoms with E-state index in [4.69, 9.17) is 4.74 Å². The Hall–Kier alpha value is -3.61. The van der Waals surface area contributed by atoms with Gasteiger partial charge in [0.05, 0.1) is 12.6 Å². The minimum Gasteiger partial charge on any atom is -0.489 e. The maximum absolute atomic E-state index is 11.7. The van der Waals surface area contributed by atoms with Crippen LogP contribution in [0.15, 0.2) is 70.6 Å². The van der Waals surface area contributed by atoms with Crippen LogP contribution in [0.5, 0.6) is 5.75 Å². The molecule has 0 aliphatic heterocycles. The van der Waals surface area contributed by atoms with Gasteiger partial charge in [0.25, 0.3) is 5.56 Å². The Morgan fingerprint density at radius 1 is 1.08 bits per heavy atom. The first-order valence-corrected chi connectivity index (χ1v) is 8.04. The number of carbonyl (C=O) groups is 1. The summed E-state index contributed by atoms with van der Waals surface area (Å²) in [4.78, 5) is 22.7. The standard InChI is InChI=1S/C19H18N4O3/c24-18(10-16-11-19(25)23-21-16)22-20-12-14-6-8-17(9-7-14)26-13-15-4-2-1-3-5-15/h1-9,11-12H,10,13H2,(H,22,24)(H2,21,23,25)/b20-12+. The molecule has 0 radical (unpaired) electrons. The minimum absolute atomic E-state index is 0.0440. The number of benzene rings is 2. The van der Waals surface area contributed by atoms with Crippen LogP contribution in [0, 0.1) is 0 Å². The van der Waals surface area contributed by atoms with Crippen molar-refractivity contribution in [3.05, 3.63) is 87.8 Å². The van der Waals surface area contributed by atoms with Crippen LogP contribution in [0.3, 0.4) is 0 Å². The predicted molar refractivity (Wildman–Crippen MR) is 98.1 cm³/mol. The summed E-state index contributed by atoms with van der Waals surface area (Å²) in [7, 11) is 0. The molecule has 0 fully saturated rings. The van der Waals surface area contributed by atoms with E-state index in [1.54, 1.807) is 6.21 Å². The third kappa shape index (κ3) is 5.20. The molecule has 1 heterocycles. The highest BCUT2D eigenvalue weighted by atomic mass is 16.5. The van der Waals surface area contributed by atoms with Crippen molar-refractivity contribution < 1.29 is 9.53 Å². The molecule has 3 N–H and O–H groups in total. The lowest BCUT2D eigenvalue weighted by Gasteiger charge is -2.06. The zero-order chi connectivity index (χ0) is 18.2. The second-order valence-corrected chi connectivity index (χ2v) is 5.60. The molecule has 7 heteroatoms. The van der Waals surface area contributed by atoms with E-state index in [1.807, 2.05) is 54.6 Å². The number of rotatable bonds is 7. The predicted octanol–water partition coefficient (Wildman–Crippen LogP) is 1.97. The van der Waals surface area contributed by atoms with E-state index in [9.17, 15) is 9.59 Å². The minimum atomic E-state index is -0.320. The van der Waals surface area contributed by atoms with E-state index < -0.39 is 0 Å². The molecule has 1 aromatic heterocycles. The van der Waals surface area contributed by atoms with Gasteiger partial charge in [-0.15, -0.1) is 0 Å². The Morgan fingerprint density at radius 2 is 1.85 bits per heavy atom. The molecule has 0 saturated carbocycles. The smallest absolute Gasteiger partial charge is 0.264 e. The van der Waals surface area contributed by atoms with E-state index >= 15 is 0 Å². The van der Waals surface area contributed by atoms with E-state index in [1.165, 1.54) is 6.07 Å². The number of aromatic amines is 2. The van der Waals surface area contributed by atoms with Gasteiger partial charge in [-0.1, -0.05) is 30.3 Å². The van der Waals surface area contributed by atoms with Gasteiger partial charge in [-0.2, -0.15) is 5.10 Å². The van der Waals surface area contributed by atoms with Gasteiger partial charge in [-0.25, -0.2) is 5.43 Å². The van der Waals surface area contributed by atoms with Crippen molar-refractivity contribution in [2.45, 2.75) is 13.0 Å². The van der Waals surface area contributed by atoms with Crippen LogP contribution >= 0.6 is 0 Å². The molecule has 0 unspecified atom stereocenters. The maximum atomic E-state index is 11.7. The van der Waals surface area contributed by atoms with E-state index in [2.05, 4.69) is 20.7 Å². The van der Waals surface area contributed by atoms with Crippen molar-refractivity contribution in [3.63, 3.8) is 0 Å². The van der Waals surface area contributed by atoms with Crippen LogP contribution in [0.1, 0.15) is 16.8 Å². The molecule has 1 amide bonds. The molecule has 2 aromatic carbocycles. The molecule has 0 bridgehead atoms. The van der Waals surface area contributed by atoms with Crippen molar-refractivity contribution >= 4 is 12.1 Å². The van der Waals surface area contributed by atoms with Gasteiger partial charge in [-0.05, 0) is 35.4 Å². The number of H-pyrrole nitrogens is 2. The zero-order valence-corrected chi connectivity index (χ0v) is 13.9. The Kier molecular flexibility index (Phi) is 5.61. The monoisotopic (exact) mass is 350 g/mol. The molecule has 0 spiro atoms. The Balaban J connectivity index is 1.46. The van der Waals surface area contributed by atoms with Gasteiger partial charge in [-0.3, -0.25) is 14.7 Å². The van der Waals surface area contributed by atoms with Crippen LogP contribution in [-0.2, 0) is 17.8 Å².